The minimum Gasteiger partial charge on any atom is -0.492 e. The van der Waals surface area contributed by atoms with E-state index in [1.165, 1.54) is 71.0 Å². The smallest absolute Gasteiger partial charge is 0.222 e. The summed E-state index contributed by atoms with van der Waals surface area (Å²) in [6, 6.07) is 0. The lowest BCUT2D eigenvalue weighted by Crippen LogP contribution is -2.29. The Labute approximate surface area is 184 Å². The lowest BCUT2D eigenvalue weighted by atomic mass is 9.93. The van der Waals surface area contributed by atoms with Crippen molar-refractivity contribution in [2.75, 3.05) is 13.7 Å². The average molecular weight is 418 g/mol. The third kappa shape index (κ3) is 10.3. The number of rotatable bonds is 19. The molecule has 0 aromatic heterocycles. The van der Waals surface area contributed by atoms with Gasteiger partial charge >= 0.3 is 0 Å². The summed E-state index contributed by atoms with van der Waals surface area (Å²) in [4.78, 5) is 25.2. The molecule has 0 atom stereocenters. The summed E-state index contributed by atoms with van der Waals surface area (Å²) in [7, 11) is 1.47. The molecular weight excluding hydrogens is 374 g/mol. The molecular formula is C26H43NO3. The Morgan fingerprint density at radius 2 is 1.50 bits per heavy atom. The highest BCUT2D eigenvalue weighted by molar-refractivity contribution is 6.21. The lowest BCUT2D eigenvalue weighted by Gasteiger charge is -2.19. The third-order valence-electron chi connectivity index (χ3n) is 5.68. The van der Waals surface area contributed by atoms with Crippen LogP contribution in [0.2, 0.25) is 0 Å². The Bertz CT molecular complexity index is 589. The van der Waals surface area contributed by atoms with Crippen molar-refractivity contribution in [1.29, 1.82) is 0 Å². The van der Waals surface area contributed by atoms with Crippen molar-refractivity contribution in [3.05, 3.63) is 35.8 Å². The van der Waals surface area contributed by atoms with Gasteiger partial charge in [-0.3, -0.25) is 9.59 Å². The molecule has 4 heteroatoms. The van der Waals surface area contributed by atoms with E-state index in [1.807, 2.05) is 6.08 Å². The number of ether oxygens (including phenoxy) is 1. The normalized spacial score (nSPS) is 14.1. The standard InChI is InChI=1S/C26H43NO3/c1-4-6-8-10-11-12-13-14-15-16-17-19-22-25(29)23(21-24(28)26(22)30-3)27-20-18-9-7-5-2/h5,21,27H,2,4,6-20H2,1,3H3. The number of hydrogen-bond acceptors (Lipinski definition) is 4. The van der Waals surface area contributed by atoms with Crippen LogP contribution in [0, 0.1) is 0 Å². The largest absolute Gasteiger partial charge is 0.492 e. The Kier molecular flexibility index (Phi) is 14.8. The first-order chi connectivity index (χ1) is 14.7. The molecule has 1 N–H and O–H groups in total. The van der Waals surface area contributed by atoms with Gasteiger partial charge in [-0.2, -0.15) is 0 Å². The maximum atomic E-state index is 12.8. The Balaban J connectivity index is 2.32. The summed E-state index contributed by atoms with van der Waals surface area (Å²) in [5.74, 6) is -0.0599. The van der Waals surface area contributed by atoms with Gasteiger partial charge in [-0.25, -0.2) is 0 Å². The first-order valence-corrected chi connectivity index (χ1v) is 12.1. The zero-order valence-electron chi connectivity index (χ0n) is 19.4. The third-order valence-corrected chi connectivity index (χ3v) is 5.68. The molecule has 0 fully saturated rings. The predicted molar refractivity (Wildman–Crippen MR) is 125 cm³/mol. The fourth-order valence-corrected chi connectivity index (χ4v) is 3.86. The molecule has 0 aromatic carbocycles. The van der Waals surface area contributed by atoms with E-state index in [-0.39, 0.29) is 17.3 Å². The van der Waals surface area contributed by atoms with Crippen molar-refractivity contribution in [3.8, 4) is 0 Å². The van der Waals surface area contributed by atoms with E-state index < -0.39 is 0 Å². The number of allylic oxidation sites excluding steroid dienone is 3. The molecule has 0 bridgehead atoms. The lowest BCUT2D eigenvalue weighted by molar-refractivity contribution is -0.118. The molecule has 0 aliphatic heterocycles. The molecule has 1 aliphatic carbocycles. The SMILES string of the molecule is C=CCCCCNC1=CC(=O)C(OC)=C(CCCCCCCCCCCCC)C1=O. The Morgan fingerprint density at radius 1 is 0.900 bits per heavy atom. The minimum absolute atomic E-state index is 0.0813. The minimum atomic E-state index is -0.205. The fraction of sp³-hybridized carbons (Fsp3) is 0.692. The number of carbonyl (C=O) groups is 2. The number of carbonyl (C=O) groups excluding carboxylic acids is 2. The second-order valence-electron chi connectivity index (χ2n) is 8.26. The van der Waals surface area contributed by atoms with Gasteiger partial charge in [0.25, 0.3) is 0 Å². The van der Waals surface area contributed by atoms with Crippen LogP contribution in [0.25, 0.3) is 0 Å². The first-order valence-electron chi connectivity index (χ1n) is 12.1. The zero-order valence-corrected chi connectivity index (χ0v) is 19.4. The van der Waals surface area contributed by atoms with E-state index in [1.54, 1.807) is 0 Å². The van der Waals surface area contributed by atoms with Gasteiger partial charge in [0, 0.05) is 18.2 Å². The van der Waals surface area contributed by atoms with E-state index in [2.05, 4.69) is 18.8 Å². The van der Waals surface area contributed by atoms with E-state index in [0.717, 1.165) is 32.1 Å². The van der Waals surface area contributed by atoms with Gasteiger partial charge in [-0.15, -0.1) is 6.58 Å². The summed E-state index contributed by atoms with van der Waals surface area (Å²) in [6.07, 6.45) is 20.7. The van der Waals surface area contributed by atoms with Gasteiger partial charge in [0.2, 0.25) is 11.6 Å². The van der Waals surface area contributed by atoms with Gasteiger partial charge in [0.15, 0.2) is 5.76 Å². The van der Waals surface area contributed by atoms with Crippen molar-refractivity contribution < 1.29 is 14.3 Å². The van der Waals surface area contributed by atoms with Crippen LogP contribution in [0.1, 0.15) is 103 Å². The summed E-state index contributed by atoms with van der Waals surface area (Å²) >= 11 is 0. The number of Topliss-reactive ketones (excluding diaryl/α,β-unsaturated/α-hetero) is 1. The number of hydrogen-bond donors (Lipinski definition) is 1. The predicted octanol–water partition coefficient (Wildman–Crippen LogP) is 6.57. The number of methoxy groups -OCH3 is 1. The summed E-state index contributed by atoms with van der Waals surface area (Å²) in [6.45, 7) is 6.66. The van der Waals surface area contributed by atoms with Crippen molar-refractivity contribution >= 4 is 11.6 Å². The van der Waals surface area contributed by atoms with Crippen molar-refractivity contribution in [2.45, 2.75) is 103 Å². The van der Waals surface area contributed by atoms with Gasteiger partial charge in [0.1, 0.15) is 0 Å². The van der Waals surface area contributed by atoms with Crippen molar-refractivity contribution in [3.63, 3.8) is 0 Å². The van der Waals surface area contributed by atoms with E-state index in [9.17, 15) is 9.59 Å². The van der Waals surface area contributed by atoms with Gasteiger partial charge in [-0.05, 0) is 32.1 Å². The quantitative estimate of drug-likeness (QED) is 0.147. The molecule has 0 radical (unpaired) electrons. The summed E-state index contributed by atoms with van der Waals surface area (Å²) < 4.78 is 5.27. The molecule has 0 spiro atoms. The van der Waals surface area contributed by atoms with Crippen LogP contribution < -0.4 is 5.32 Å². The molecule has 1 aliphatic rings. The van der Waals surface area contributed by atoms with Gasteiger partial charge in [0.05, 0.1) is 12.8 Å². The molecule has 0 saturated carbocycles. The highest BCUT2D eigenvalue weighted by Crippen LogP contribution is 2.24. The Hall–Kier alpha value is -1.84. The number of ketones is 2. The molecule has 0 saturated heterocycles. The van der Waals surface area contributed by atoms with Crippen molar-refractivity contribution in [1.82, 2.24) is 5.32 Å². The van der Waals surface area contributed by atoms with Crippen LogP contribution in [0.4, 0.5) is 0 Å². The van der Waals surface area contributed by atoms with Crippen molar-refractivity contribution in [2.24, 2.45) is 0 Å². The molecule has 0 aromatic rings. The molecule has 0 amide bonds. The zero-order chi connectivity index (χ0) is 22.0. The molecule has 1 rings (SSSR count). The Morgan fingerprint density at radius 3 is 2.07 bits per heavy atom. The molecule has 30 heavy (non-hydrogen) atoms. The highest BCUT2D eigenvalue weighted by Gasteiger charge is 2.28. The van der Waals surface area contributed by atoms with Crippen LogP contribution in [0.5, 0.6) is 0 Å². The molecule has 0 unspecified atom stereocenters. The monoisotopic (exact) mass is 417 g/mol. The van der Waals surface area contributed by atoms with Crippen LogP contribution in [0.3, 0.4) is 0 Å². The average Bonchev–Trinajstić information content (AvgIpc) is 2.74. The van der Waals surface area contributed by atoms with Crippen LogP contribution in [0.15, 0.2) is 35.8 Å². The second kappa shape index (κ2) is 16.9. The summed E-state index contributed by atoms with van der Waals surface area (Å²) in [5, 5.41) is 3.14. The topological polar surface area (TPSA) is 55.4 Å². The summed E-state index contributed by atoms with van der Waals surface area (Å²) in [5.41, 5.74) is 0.951. The maximum Gasteiger partial charge on any atom is 0.222 e. The molecule has 170 valence electrons. The van der Waals surface area contributed by atoms with E-state index in [4.69, 9.17) is 4.74 Å². The van der Waals surface area contributed by atoms with Crippen LogP contribution in [-0.2, 0) is 14.3 Å². The van der Waals surface area contributed by atoms with Crippen LogP contribution >= 0.6 is 0 Å². The van der Waals surface area contributed by atoms with E-state index in [0.29, 0.717) is 24.2 Å². The molecule has 4 nitrogen and oxygen atoms in total. The van der Waals surface area contributed by atoms with Crippen LogP contribution in [-0.4, -0.2) is 25.2 Å². The van der Waals surface area contributed by atoms with E-state index >= 15 is 0 Å². The number of nitrogens with one attached hydrogen (secondary N) is 1. The first kappa shape index (κ1) is 26.2. The second-order valence-corrected chi connectivity index (χ2v) is 8.26. The van der Waals surface area contributed by atoms with Gasteiger partial charge in [-0.1, -0.05) is 77.2 Å². The number of unbranched alkanes of at least 4 members (excludes halogenated alkanes) is 12. The highest BCUT2D eigenvalue weighted by atomic mass is 16.5. The molecule has 0 heterocycles. The van der Waals surface area contributed by atoms with Gasteiger partial charge < -0.3 is 10.1 Å². The maximum absolute atomic E-state index is 12.8. The fourth-order valence-electron chi connectivity index (χ4n) is 3.86.